The highest BCUT2D eigenvalue weighted by molar-refractivity contribution is 5.60. The van der Waals surface area contributed by atoms with Crippen LogP contribution in [0.15, 0.2) is 36.4 Å². The van der Waals surface area contributed by atoms with Gasteiger partial charge >= 0.3 is 0 Å². The van der Waals surface area contributed by atoms with Crippen molar-refractivity contribution in [3.8, 4) is 0 Å². The first-order valence-electron chi connectivity index (χ1n) is 7.09. The second-order valence-electron chi connectivity index (χ2n) is 4.87. The van der Waals surface area contributed by atoms with Gasteiger partial charge in [-0.1, -0.05) is 31.5 Å². The van der Waals surface area contributed by atoms with Crippen molar-refractivity contribution in [3.63, 3.8) is 0 Å². The molecule has 20 heavy (non-hydrogen) atoms. The van der Waals surface area contributed by atoms with Gasteiger partial charge in [-0.3, -0.25) is 0 Å². The van der Waals surface area contributed by atoms with Gasteiger partial charge in [-0.15, -0.1) is 0 Å². The summed E-state index contributed by atoms with van der Waals surface area (Å²) in [5, 5.41) is 3.28. The van der Waals surface area contributed by atoms with E-state index in [0.717, 1.165) is 36.6 Å². The lowest BCUT2D eigenvalue weighted by Crippen LogP contribution is -2.14. The summed E-state index contributed by atoms with van der Waals surface area (Å²) in [6.45, 7) is 5.08. The lowest BCUT2D eigenvalue weighted by molar-refractivity contribution is 0.824. The number of benzene rings is 1. The lowest BCUT2D eigenvalue weighted by atomic mass is 10.3. The highest BCUT2D eigenvalue weighted by atomic mass is 15.2. The number of nitrogens with one attached hydrogen (secondary N) is 1. The number of para-hydroxylation sites is 1. The topological polar surface area (TPSA) is 41.1 Å². The smallest absolute Gasteiger partial charge is 0.224 e. The van der Waals surface area contributed by atoms with Crippen LogP contribution in [-0.4, -0.2) is 23.6 Å². The maximum Gasteiger partial charge on any atom is 0.224 e. The number of nitrogens with zero attached hydrogens (tertiary/aromatic N) is 3. The van der Waals surface area contributed by atoms with Gasteiger partial charge in [0.25, 0.3) is 0 Å². The molecular weight excluding hydrogens is 248 g/mol. The average Bonchev–Trinajstić information content (AvgIpc) is 2.47. The van der Waals surface area contributed by atoms with E-state index >= 15 is 0 Å². The van der Waals surface area contributed by atoms with Gasteiger partial charge in [0, 0.05) is 31.0 Å². The Morgan fingerprint density at radius 1 is 1.15 bits per heavy atom. The maximum atomic E-state index is 4.59. The van der Waals surface area contributed by atoms with Crippen LogP contribution in [0.4, 0.5) is 17.5 Å². The number of hydrogen-bond donors (Lipinski definition) is 1. The van der Waals surface area contributed by atoms with Crippen LogP contribution in [0.1, 0.15) is 25.5 Å². The maximum absolute atomic E-state index is 4.59. The van der Waals surface area contributed by atoms with E-state index in [1.807, 2.05) is 38.2 Å². The van der Waals surface area contributed by atoms with E-state index in [0.29, 0.717) is 5.95 Å². The SMILES string of the molecule is CCCCNc1nc(C)cc(N(C)c2ccccc2)n1. The summed E-state index contributed by atoms with van der Waals surface area (Å²) in [7, 11) is 2.02. The van der Waals surface area contributed by atoms with Crippen molar-refractivity contribution in [3.05, 3.63) is 42.1 Å². The number of rotatable bonds is 6. The molecule has 4 nitrogen and oxygen atoms in total. The number of aryl methyl sites for hydroxylation is 1. The molecule has 1 heterocycles. The molecular formula is C16H22N4. The third-order valence-electron chi connectivity index (χ3n) is 3.14. The summed E-state index contributed by atoms with van der Waals surface area (Å²) in [6.07, 6.45) is 2.29. The largest absolute Gasteiger partial charge is 0.354 e. The lowest BCUT2D eigenvalue weighted by Gasteiger charge is -2.19. The molecule has 106 valence electrons. The number of aromatic nitrogens is 2. The quantitative estimate of drug-likeness (QED) is 0.811. The molecule has 0 amide bonds. The van der Waals surface area contributed by atoms with Crippen LogP contribution >= 0.6 is 0 Å². The molecule has 1 aromatic heterocycles. The molecule has 0 aliphatic heterocycles. The third kappa shape index (κ3) is 3.70. The molecule has 0 radical (unpaired) electrons. The van der Waals surface area contributed by atoms with Crippen molar-refractivity contribution in [1.29, 1.82) is 0 Å². The molecule has 0 aliphatic carbocycles. The summed E-state index contributed by atoms with van der Waals surface area (Å²) in [5.74, 6) is 1.61. The van der Waals surface area contributed by atoms with Gasteiger partial charge in [-0.25, -0.2) is 4.98 Å². The average molecular weight is 270 g/mol. The van der Waals surface area contributed by atoms with Gasteiger partial charge < -0.3 is 10.2 Å². The molecule has 0 atom stereocenters. The Morgan fingerprint density at radius 2 is 1.90 bits per heavy atom. The number of hydrogen-bond acceptors (Lipinski definition) is 4. The van der Waals surface area contributed by atoms with Crippen molar-refractivity contribution in [1.82, 2.24) is 9.97 Å². The van der Waals surface area contributed by atoms with Crippen molar-refractivity contribution in [2.45, 2.75) is 26.7 Å². The monoisotopic (exact) mass is 270 g/mol. The summed E-state index contributed by atoms with van der Waals surface area (Å²) >= 11 is 0. The molecule has 0 unspecified atom stereocenters. The molecule has 2 aromatic rings. The first kappa shape index (κ1) is 14.3. The minimum atomic E-state index is 0.705. The molecule has 0 saturated heterocycles. The van der Waals surface area contributed by atoms with E-state index in [1.165, 1.54) is 0 Å². The van der Waals surface area contributed by atoms with Crippen LogP contribution in [0.5, 0.6) is 0 Å². The first-order valence-corrected chi connectivity index (χ1v) is 7.09. The summed E-state index contributed by atoms with van der Waals surface area (Å²) in [6, 6.07) is 12.2. The fourth-order valence-electron chi connectivity index (χ4n) is 1.96. The highest BCUT2D eigenvalue weighted by Crippen LogP contribution is 2.22. The Kier molecular flexibility index (Phi) is 4.93. The van der Waals surface area contributed by atoms with Crippen LogP contribution in [-0.2, 0) is 0 Å². The zero-order chi connectivity index (χ0) is 14.4. The van der Waals surface area contributed by atoms with E-state index in [1.54, 1.807) is 0 Å². The molecule has 0 aliphatic rings. The molecule has 0 saturated carbocycles. The van der Waals surface area contributed by atoms with E-state index in [4.69, 9.17) is 0 Å². The fourth-order valence-corrected chi connectivity index (χ4v) is 1.96. The Hall–Kier alpha value is -2.10. The number of unbranched alkanes of at least 4 members (excludes halogenated alkanes) is 1. The van der Waals surface area contributed by atoms with E-state index in [2.05, 4.69) is 39.2 Å². The molecule has 0 fully saturated rings. The minimum absolute atomic E-state index is 0.705. The van der Waals surface area contributed by atoms with Crippen molar-refractivity contribution >= 4 is 17.5 Å². The Bertz CT molecular complexity index is 539. The van der Waals surface area contributed by atoms with Gasteiger partial charge in [0.2, 0.25) is 5.95 Å². The Labute approximate surface area is 120 Å². The second-order valence-corrected chi connectivity index (χ2v) is 4.87. The van der Waals surface area contributed by atoms with Gasteiger partial charge in [-0.2, -0.15) is 4.98 Å². The summed E-state index contributed by atoms with van der Waals surface area (Å²) in [5.41, 5.74) is 2.09. The molecule has 1 N–H and O–H groups in total. The van der Waals surface area contributed by atoms with Crippen LogP contribution in [0, 0.1) is 6.92 Å². The third-order valence-corrected chi connectivity index (χ3v) is 3.14. The zero-order valence-corrected chi connectivity index (χ0v) is 12.4. The van der Waals surface area contributed by atoms with Crippen molar-refractivity contribution in [2.75, 3.05) is 23.8 Å². The van der Waals surface area contributed by atoms with Crippen molar-refractivity contribution in [2.24, 2.45) is 0 Å². The molecule has 2 rings (SSSR count). The van der Waals surface area contributed by atoms with Crippen LogP contribution in [0.3, 0.4) is 0 Å². The van der Waals surface area contributed by atoms with Gasteiger partial charge in [0.15, 0.2) is 0 Å². The Morgan fingerprint density at radius 3 is 2.60 bits per heavy atom. The highest BCUT2D eigenvalue weighted by Gasteiger charge is 2.08. The van der Waals surface area contributed by atoms with E-state index in [9.17, 15) is 0 Å². The molecule has 1 aromatic carbocycles. The van der Waals surface area contributed by atoms with E-state index < -0.39 is 0 Å². The fraction of sp³-hybridized carbons (Fsp3) is 0.375. The molecule has 0 spiro atoms. The van der Waals surface area contributed by atoms with E-state index in [-0.39, 0.29) is 0 Å². The second kappa shape index (κ2) is 6.89. The first-order chi connectivity index (χ1) is 9.70. The van der Waals surface area contributed by atoms with Crippen LogP contribution in [0.25, 0.3) is 0 Å². The van der Waals surface area contributed by atoms with Gasteiger partial charge in [0.05, 0.1) is 0 Å². The minimum Gasteiger partial charge on any atom is -0.354 e. The predicted molar refractivity (Wildman–Crippen MR) is 84.7 cm³/mol. The van der Waals surface area contributed by atoms with Crippen LogP contribution in [0.2, 0.25) is 0 Å². The normalized spacial score (nSPS) is 10.3. The summed E-state index contributed by atoms with van der Waals surface area (Å²) in [4.78, 5) is 11.1. The van der Waals surface area contributed by atoms with Gasteiger partial charge in [-0.05, 0) is 25.5 Å². The standard InChI is InChI=1S/C16H22N4/c1-4-5-11-17-16-18-13(2)12-15(19-16)20(3)14-9-7-6-8-10-14/h6-10,12H,4-5,11H2,1-3H3,(H,17,18,19). The van der Waals surface area contributed by atoms with Crippen molar-refractivity contribution < 1.29 is 0 Å². The zero-order valence-electron chi connectivity index (χ0n) is 12.4. The van der Waals surface area contributed by atoms with Gasteiger partial charge in [0.1, 0.15) is 5.82 Å². The Balaban J connectivity index is 2.19. The number of anilines is 3. The predicted octanol–water partition coefficient (Wildman–Crippen LogP) is 3.76. The molecule has 0 bridgehead atoms. The van der Waals surface area contributed by atoms with Crippen LogP contribution < -0.4 is 10.2 Å². The summed E-state index contributed by atoms with van der Waals surface area (Å²) < 4.78 is 0. The molecule has 4 heteroatoms.